The average Bonchev–Trinajstić information content (AvgIpc) is 3.86. The lowest BCUT2D eigenvalue weighted by molar-refractivity contribution is 0.0451. The van der Waals surface area contributed by atoms with Crippen molar-refractivity contribution in [2.24, 2.45) is 0 Å². The molecule has 0 saturated heterocycles. The fourth-order valence-corrected chi connectivity index (χ4v) is 8.89. The first-order chi connectivity index (χ1) is 21.7. The third-order valence-electron chi connectivity index (χ3n) is 8.57. The van der Waals surface area contributed by atoms with Crippen LogP contribution in [0.3, 0.4) is 0 Å². The van der Waals surface area contributed by atoms with E-state index in [0.717, 1.165) is 52.2 Å². The molecule has 2 aliphatic heterocycles. The molecule has 0 fully saturated rings. The summed E-state index contributed by atoms with van der Waals surface area (Å²) in [5.41, 5.74) is 5.45. The monoisotopic (exact) mass is 606 g/mol. The van der Waals surface area contributed by atoms with Crippen molar-refractivity contribution in [1.82, 2.24) is 0 Å². The predicted octanol–water partition coefficient (Wildman–Crippen LogP) is 9.97. The second kappa shape index (κ2) is 9.74. The van der Waals surface area contributed by atoms with E-state index in [4.69, 9.17) is 9.47 Å². The Morgan fingerprint density at radius 1 is 0.432 bits per heavy atom. The summed E-state index contributed by atoms with van der Waals surface area (Å²) in [4.78, 5) is 29.4. The zero-order valence-electron chi connectivity index (χ0n) is 23.2. The van der Waals surface area contributed by atoms with Gasteiger partial charge in [-0.2, -0.15) is 0 Å². The van der Waals surface area contributed by atoms with Gasteiger partial charge in [-0.1, -0.05) is 84.9 Å². The van der Waals surface area contributed by atoms with Crippen LogP contribution in [0, 0.1) is 0 Å². The third-order valence-corrected chi connectivity index (χ3v) is 10.9. The van der Waals surface area contributed by atoms with E-state index in [1.807, 2.05) is 48.5 Å². The first-order valence-electron chi connectivity index (χ1n) is 14.4. The zero-order chi connectivity index (χ0) is 29.4. The minimum absolute atomic E-state index is 0.271. The molecule has 7 aromatic rings. The molecule has 0 bridgehead atoms. The van der Waals surface area contributed by atoms with Gasteiger partial charge in [0.1, 0.15) is 0 Å². The summed E-state index contributed by atoms with van der Waals surface area (Å²) in [5, 5.41) is 4.63. The van der Waals surface area contributed by atoms with Crippen LogP contribution in [0.1, 0.15) is 53.8 Å². The average molecular weight is 607 g/mol. The number of carbonyl (C=O) groups excluding carboxylic acids is 2. The number of ether oxygens (including phenoxy) is 2. The molecule has 0 saturated carbocycles. The molecule has 4 heterocycles. The Morgan fingerprint density at radius 2 is 0.795 bits per heavy atom. The molecular weight excluding hydrogens is 585 g/mol. The number of benzene rings is 5. The van der Waals surface area contributed by atoms with Crippen LogP contribution >= 0.6 is 22.7 Å². The van der Waals surface area contributed by atoms with Crippen LogP contribution in [0.15, 0.2) is 121 Å². The topological polar surface area (TPSA) is 52.6 Å². The SMILES string of the molecule is O=C1OC(c2ccc(-c3c4ccccc4c(-c4ccc(C5OC(=O)c6ccccc65)s4)c4ccccc34)s2)c2ccccc21. The van der Waals surface area contributed by atoms with Crippen molar-refractivity contribution in [3.05, 3.63) is 153 Å². The van der Waals surface area contributed by atoms with E-state index in [0.29, 0.717) is 11.1 Å². The van der Waals surface area contributed by atoms with Crippen LogP contribution in [0.5, 0.6) is 0 Å². The second-order valence-corrected chi connectivity index (χ2v) is 13.2. The molecule has 0 spiro atoms. The second-order valence-electron chi connectivity index (χ2n) is 11.0. The number of rotatable bonds is 4. The Kier molecular flexibility index (Phi) is 5.64. The number of esters is 2. The first-order valence-corrected chi connectivity index (χ1v) is 16.0. The van der Waals surface area contributed by atoms with Crippen LogP contribution in [-0.2, 0) is 9.47 Å². The van der Waals surface area contributed by atoms with E-state index in [2.05, 4.69) is 72.8 Å². The van der Waals surface area contributed by atoms with Gasteiger partial charge >= 0.3 is 11.9 Å². The van der Waals surface area contributed by atoms with Crippen LogP contribution in [0.4, 0.5) is 0 Å². The van der Waals surface area contributed by atoms with Gasteiger partial charge in [-0.25, -0.2) is 9.59 Å². The van der Waals surface area contributed by atoms with Crippen molar-refractivity contribution in [3.63, 3.8) is 0 Å². The molecule has 2 aliphatic rings. The molecule has 44 heavy (non-hydrogen) atoms. The predicted molar refractivity (Wildman–Crippen MR) is 175 cm³/mol. The minimum atomic E-state index is -0.395. The van der Waals surface area contributed by atoms with Gasteiger partial charge in [0.15, 0.2) is 12.2 Å². The van der Waals surface area contributed by atoms with E-state index < -0.39 is 12.2 Å². The van der Waals surface area contributed by atoms with Crippen molar-refractivity contribution in [2.45, 2.75) is 12.2 Å². The van der Waals surface area contributed by atoms with Gasteiger partial charge in [0.2, 0.25) is 0 Å². The summed E-state index contributed by atoms with van der Waals surface area (Å²) in [6.45, 7) is 0. The Morgan fingerprint density at radius 3 is 1.20 bits per heavy atom. The van der Waals surface area contributed by atoms with Crippen molar-refractivity contribution in [1.29, 1.82) is 0 Å². The normalized spacial score (nSPS) is 17.1. The fraction of sp³-hybridized carbons (Fsp3) is 0.0526. The van der Waals surface area contributed by atoms with Crippen molar-refractivity contribution < 1.29 is 19.1 Å². The number of hydrogen-bond acceptors (Lipinski definition) is 6. The molecule has 0 amide bonds. The first kappa shape index (κ1) is 25.5. The lowest BCUT2D eigenvalue weighted by Crippen LogP contribution is -1.98. The molecule has 210 valence electrons. The Bertz CT molecular complexity index is 2090. The summed E-state index contributed by atoms with van der Waals surface area (Å²) in [7, 11) is 0. The van der Waals surface area contributed by atoms with Crippen LogP contribution in [0.25, 0.3) is 42.4 Å². The number of fused-ring (bicyclic) bond motifs is 4. The molecule has 5 aromatic carbocycles. The van der Waals surface area contributed by atoms with Gasteiger partial charge in [-0.3, -0.25) is 0 Å². The van der Waals surface area contributed by atoms with Gasteiger partial charge in [-0.15, -0.1) is 22.7 Å². The molecule has 2 unspecified atom stereocenters. The molecular formula is C38H22O4S2. The molecule has 0 N–H and O–H groups in total. The lowest BCUT2D eigenvalue weighted by atomic mass is 9.90. The maximum atomic E-state index is 12.6. The fourth-order valence-electron chi connectivity index (χ4n) is 6.63. The van der Waals surface area contributed by atoms with Crippen molar-refractivity contribution in [2.75, 3.05) is 0 Å². The smallest absolute Gasteiger partial charge is 0.339 e. The summed E-state index contributed by atoms with van der Waals surface area (Å²) < 4.78 is 11.7. The number of hydrogen-bond donors (Lipinski definition) is 0. The molecule has 0 aliphatic carbocycles. The number of thiophene rings is 2. The van der Waals surface area contributed by atoms with Crippen molar-refractivity contribution >= 4 is 56.2 Å². The summed E-state index contributed by atoms with van der Waals surface area (Å²) in [6.07, 6.45) is -0.790. The van der Waals surface area contributed by atoms with Crippen LogP contribution < -0.4 is 0 Å². The third kappa shape index (κ3) is 3.75. The van der Waals surface area contributed by atoms with Gasteiger partial charge in [0, 0.05) is 32.0 Å². The highest BCUT2D eigenvalue weighted by Crippen LogP contribution is 2.49. The highest BCUT2D eigenvalue weighted by molar-refractivity contribution is 7.16. The lowest BCUT2D eigenvalue weighted by Gasteiger charge is -2.16. The minimum Gasteiger partial charge on any atom is -0.448 e. The number of cyclic esters (lactones) is 2. The quantitative estimate of drug-likeness (QED) is 0.148. The summed E-state index contributed by atoms with van der Waals surface area (Å²) in [6, 6.07) is 40.8. The Labute approximate surface area is 260 Å². The summed E-state index contributed by atoms with van der Waals surface area (Å²) >= 11 is 3.34. The van der Waals surface area contributed by atoms with Gasteiger partial charge in [0.25, 0.3) is 0 Å². The molecule has 2 atom stereocenters. The van der Waals surface area contributed by atoms with Gasteiger partial charge in [0.05, 0.1) is 20.9 Å². The van der Waals surface area contributed by atoms with E-state index in [-0.39, 0.29) is 11.9 Å². The molecule has 4 nitrogen and oxygen atoms in total. The van der Waals surface area contributed by atoms with E-state index >= 15 is 0 Å². The maximum Gasteiger partial charge on any atom is 0.339 e. The van der Waals surface area contributed by atoms with Crippen LogP contribution in [-0.4, -0.2) is 11.9 Å². The van der Waals surface area contributed by atoms with Crippen LogP contribution in [0.2, 0.25) is 0 Å². The highest BCUT2D eigenvalue weighted by Gasteiger charge is 2.34. The standard InChI is InChI=1S/C38H22O4S2/c39-37-27-15-7-5-13-25(27)35(41-37)31-19-17-29(43-31)33-21-9-1-2-10-22(21)34(24-12-4-3-11-23(24)33)30-18-20-32(44-30)36-26-14-6-8-16-28(26)38(40)42-36/h1-20,35-36H. The Balaban J connectivity index is 1.20. The van der Waals surface area contributed by atoms with E-state index in [1.165, 1.54) is 11.1 Å². The molecule has 6 heteroatoms. The highest BCUT2D eigenvalue weighted by atomic mass is 32.1. The summed E-state index contributed by atoms with van der Waals surface area (Å²) in [5.74, 6) is -0.543. The van der Waals surface area contributed by atoms with Crippen molar-refractivity contribution in [3.8, 4) is 20.9 Å². The van der Waals surface area contributed by atoms with E-state index in [1.54, 1.807) is 22.7 Å². The van der Waals surface area contributed by atoms with Gasteiger partial charge < -0.3 is 9.47 Å². The molecule has 2 aromatic heterocycles. The van der Waals surface area contributed by atoms with E-state index in [9.17, 15) is 9.59 Å². The Hall–Kier alpha value is -5.04. The maximum absolute atomic E-state index is 12.6. The largest absolute Gasteiger partial charge is 0.448 e. The molecule has 9 rings (SSSR count). The zero-order valence-corrected chi connectivity index (χ0v) is 24.8. The van der Waals surface area contributed by atoms with Gasteiger partial charge in [-0.05, 0) is 57.9 Å². The number of carbonyl (C=O) groups is 2. The molecule has 0 radical (unpaired) electrons.